The highest BCUT2D eigenvalue weighted by Crippen LogP contribution is 2.41. The van der Waals surface area contributed by atoms with Crippen LogP contribution >= 0.6 is 11.3 Å². The van der Waals surface area contributed by atoms with E-state index in [-0.39, 0.29) is 11.4 Å². The topological polar surface area (TPSA) is 39.2 Å². The fraction of sp³-hybridized carbons (Fsp3) is 0.733. The molecule has 0 atom stereocenters. The van der Waals surface area contributed by atoms with Gasteiger partial charge >= 0.3 is 0 Å². The Morgan fingerprint density at radius 1 is 1.32 bits per heavy atom. The van der Waals surface area contributed by atoms with Crippen LogP contribution in [0.25, 0.3) is 0 Å². The molecule has 1 aromatic rings. The third kappa shape index (κ3) is 3.06. The van der Waals surface area contributed by atoms with Gasteiger partial charge in [0, 0.05) is 13.5 Å². The first-order valence-corrected chi connectivity index (χ1v) is 8.03. The summed E-state index contributed by atoms with van der Waals surface area (Å²) < 4.78 is 6.12. The summed E-state index contributed by atoms with van der Waals surface area (Å²) in [6, 6.07) is 0. The van der Waals surface area contributed by atoms with Crippen molar-refractivity contribution in [2.45, 2.75) is 64.9 Å². The Hall–Kier alpha value is -0.740. The van der Waals surface area contributed by atoms with E-state index in [0.29, 0.717) is 6.61 Å². The van der Waals surface area contributed by atoms with Gasteiger partial charge in [-0.05, 0) is 26.7 Å². The second kappa shape index (κ2) is 6.14. The standard InChI is InChI=1S/C15H23NO2S/c1-4-18-15(9-7-5-6-8-10-15)14-16-11(2)13(19-14)12(3)17/h4-10H2,1-3H3. The lowest BCUT2D eigenvalue weighted by atomic mass is 9.95. The summed E-state index contributed by atoms with van der Waals surface area (Å²) in [7, 11) is 0. The molecule has 0 spiro atoms. The summed E-state index contributed by atoms with van der Waals surface area (Å²) in [5.74, 6) is 0.113. The summed E-state index contributed by atoms with van der Waals surface area (Å²) in [4.78, 5) is 17.1. The fourth-order valence-electron chi connectivity index (χ4n) is 2.91. The van der Waals surface area contributed by atoms with Crippen molar-refractivity contribution in [2.75, 3.05) is 6.61 Å². The zero-order chi connectivity index (χ0) is 13.9. The molecule has 4 heteroatoms. The summed E-state index contributed by atoms with van der Waals surface area (Å²) >= 11 is 1.54. The molecule has 19 heavy (non-hydrogen) atoms. The van der Waals surface area contributed by atoms with Crippen LogP contribution in [-0.2, 0) is 10.3 Å². The van der Waals surface area contributed by atoms with Gasteiger partial charge in [0.25, 0.3) is 0 Å². The Kier molecular flexibility index (Phi) is 4.74. The lowest BCUT2D eigenvalue weighted by molar-refractivity contribution is -0.0560. The molecule has 1 fully saturated rings. The van der Waals surface area contributed by atoms with E-state index < -0.39 is 0 Å². The van der Waals surface area contributed by atoms with Crippen LogP contribution in [0.3, 0.4) is 0 Å². The van der Waals surface area contributed by atoms with Crippen LogP contribution in [0.1, 0.15) is 72.7 Å². The molecule has 2 rings (SSSR count). The molecule has 1 aliphatic carbocycles. The van der Waals surface area contributed by atoms with Gasteiger partial charge in [0.15, 0.2) is 5.78 Å². The van der Waals surface area contributed by atoms with E-state index in [1.807, 2.05) is 13.8 Å². The number of hydrogen-bond donors (Lipinski definition) is 0. The van der Waals surface area contributed by atoms with Crippen LogP contribution in [0.15, 0.2) is 0 Å². The molecule has 0 bridgehead atoms. The minimum Gasteiger partial charge on any atom is -0.368 e. The van der Waals surface area contributed by atoms with E-state index >= 15 is 0 Å². The summed E-state index contributed by atoms with van der Waals surface area (Å²) in [5, 5.41) is 1.01. The van der Waals surface area contributed by atoms with Crippen LogP contribution in [0.4, 0.5) is 0 Å². The molecule has 1 aromatic heterocycles. The minimum atomic E-state index is -0.242. The van der Waals surface area contributed by atoms with Crippen molar-refractivity contribution < 1.29 is 9.53 Å². The van der Waals surface area contributed by atoms with Crippen molar-refractivity contribution >= 4 is 17.1 Å². The van der Waals surface area contributed by atoms with Crippen molar-refractivity contribution in [3.8, 4) is 0 Å². The van der Waals surface area contributed by atoms with Gasteiger partial charge < -0.3 is 4.74 Å². The molecule has 106 valence electrons. The highest BCUT2D eigenvalue weighted by atomic mass is 32.1. The van der Waals surface area contributed by atoms with Gasteiger partial charge in [-0.2, -0.15) is 0 Å². The number of rotatable bonds is 4. The van der Waals surface area contributed by atoms with E-state index in [2.05, 4.69) is 4.98 Å². The molecule has 0 unspecified atom stereocenters. The zero-order valence-corrected chi connectivity index (χ0v) is 12.9. The molecule has 1 heterocycles. The Labute approximate surface area is 119 Å². The number of aromatic nitrogens is 1. The highest BCUT2D eigenvalue weighted by Gasteiger charge is 2.37. The largest absolute Gasteiger partial charge is 0.368 e. The molecule has 0 radical (unpaired) electrons. The predicted octanol–water partition coefficient (Wildman–Crippen LogP) is 4.24. The van der Waals surface area contributed by atoms with Crippen LogP contribution in [0.5, 0.6) is 0 Å². The maximum atomic E-state index is 11.6. The molecule has 0 N–H and O–H groups in total. The molecule has 1 saturated carbocycles. The number of aryl methyl sites for hydroxylation is 1. The van der Waals surface area contributed by atoms with Crippen molar-refractivity contribution in [1.82, 2.24) is 4.98 Å². The van der Waals surface area contributed by atoms with Gasteiger partial charge in [-0.1, -0.05) is 25.7 Å². The third-order valence-corrected chi connectivity index (χ3v) is 5.28. The number of ether oxygens (including phenoxy) is 1. The van der Waals surface area contributed by atoms with E-state index in [4.69, 9.17) is 4.74 Å². The van der Waals surface area contributed by atoms with E-state index in [1.54, 1.807) is 6.92 Å². The van der Waals surface area contributed by atoms with Gasteiger partial charge in [-0.3, -0.25) is 4.79 Å². The normalized spacial score (nSPS) is 19.1. The van der Waals surface area contributed by atoms with Crippen LogP contribution in [0.2, 0.25) is 0 Å². The Bertz CT molecular complexity index is 445. The SMILES string of the molecule is CCOC1(c2nc(C)c(C(C)=O)s2)CCCCCC1. The molecule has 0 amide bonds. The maximum absolute atomic E-state index is 11.6. The smallest absolute Gasteiger partial charge is 0.171 e. The predicted molar refractivity (Wildman–Crippen MR) is 77.9 cm³/mol. The molecule has 0 aromatic carbocycles. The second-order valence-corrected chi connectivity index (χ2v) is 6.33. The van der Waals surface area contributed by atoms with E-state index in [9.17, 15) is 4.79 Å². The van der Waals surface area contributed by atoms with Crippen molar-refractivity contribution in [3.63, 3.8) is 0 Å². The average molecular weight is 281 g/mol. The van der Waals surface area contributed by atoms with E-state index in [0.717, 1.165) is 28.4 Å². The maximum Gasteiger partial charge on any atom is 0.171 e. The lowest BCUT2D eigenvalue weighted by Gasteiger charge is -2.30. The number of hydrogen-bond acceptors (Lipinski definition) is 4. The molecular formula is C15H23NO2S. The van der Waals surface area contributed by atoms with Crippen LogP contribution in [-0.4, -0.2) is 17.4 Å². The number of ketones is 1. The van der Waals surface area contributed by atoms with Gasteiger partial charge in [0.05, 0.1) is 10.6 Å². The Morgan fingerprint density at radius 3 is 2.42 bits per heavy atom. The molecule has 1 aliphatic rings. The number of nitrogens with zero attached hydrogens (tertiary/aromatic N) is 1. The van der Waals surface area contributed by atoms with Crippen molar-refractivity contribution in [2.24, 2.45) is 0 Å². The van der Waals surface area contributed by atoms with Gasteiger partial charge in [0.2, 0.25) is 0 Å². The quantitative estimate of drug-likeness (QED) is 0.612. The molecule has 0 saturated heterocycles. The second-order valence-electron chi connectivity index (χ2n) is 5.33. The van der Waals surface area contributed by atoms with E-state index in [1.165, 1.54) is 37.0 Å². The van der Waals surface area contributed by atoms with Gasteiger partial charge in [-0.15, -0.1) is 11.3 Å². The van der Waals surface area contributed by atoms with Gasteiger partial charge in [0.1, 0.15) is 10.6 Å². The molecule has 0 aliphatic heterocycles. The summed E-state index contributed by atoms with van der Waals surface area (Å²) in [6.07, 6.45) is 7.00. The van der Waals surface area contributed by atoms with Gasteiger partial charge in [-0.25, -0.2) is 4.98 Å². The third-order valence-electron chi connectivity index (χ3n) is 3.84. The molecular weight excluding hydrogens is 258 g/mol. The molecule has 3 nitrogen and oxygen atoms in total. The van der Waals surface area contributed by atoms with Crippen molar-refractivity contribution in [1.29, 1.82) is 0 Å². The number of carbonyl (C=O) groups excluding carboxylic acids is 1. The number of carbonyl (C=O) groups is 1. The minimum absolute atomic E-state index is 0.113. The van der Waals surface area contributed by atoms with Crippen molar-refractivity contribution in [3.05, 3.63) is 15.6 Å². The first kappa shape index (κ1) is 14.7. The number of thiazole rings is 1. The highest BCUT2D eigenvalue weighted by molar-refractivity contribution is 7.14. The lowest BCUT2D eigenvalue weighted by Crippen LogP contribution is -2.29. The first-order valence-electron chi connectivity index (χ1n) is 7.22. The first-order chi connectivity index (χ1) is 9.09. The Morgan fingerprint density at radius 2 is 1.95 bits per heavy atom. The van der Waals surface area contributed by atoms with Crippen LogP contribution in [0, 0.1) is 6.92 Å². The fourth-order valence-corrected chi connectivity index (χ4v) is 4.08. The Balaban J connectivity index is 2.37. The number of Topliss-reactive ketones (excluding diaryl/α,β-unsaturated/α-hetero) is 1. The zero-order valence-electron chi connectivity index (χ0n) is 12.1. The summed E-state index contributed by atoms with van der Waals surface area (Å²) in [5.41, 5.74) is 0.616. The monoisotopic (exact) mass is 281 g/mol. The average Bonchev–Trinajstić information content (AvgIpc) is 2.61. The summed E-state index contributed by atoms with van der Waals surface area (Å²) in [6.45, 7) is 6.28. The van der Waals surface area contributed by atoms with Crippen LogP contribution < -0.4 is 0 Å².